The number of hydrogen-bond donors (Lipinski definition) is 2. The van der Waals surface area contributed by atoms with Gasteiger partial charge >= 0.3 is 0 Å². The van der Waals surface area contributed by atoms with E-state index in [4.69, 9.17) is 5.73 Å². The third-order valence-electron chi connectivity index (χ3n) is 3.17. The minimum Gasteiger partial charge on any atom is -0.370 e. The molecule has 3 N–H and O–H groups in total. The van der Waals surface area contributed by atoms with Crippen molar-refractivity contribution in [3.63, 3.8) is 0 Å². The number of nitrogens with one attached hydrogen (secondary N) is 1. The van der Waals surface area contributed by atoms with Crippen LogP contribution in [0.5, 0.6) is 0 Å². The van der Waals surface area contributed by atoms with Gasteiger partial charge in [-0.05, 0) is 38.3 Å². The highest BCUT2D eigenvalue weighted by atomic mass is 15.1. The van der Waals surface area contributed by atoms with Crippen LogP contribution < -0.4 is 11.1 Å². The number of aryl methyl sites for hydroxylation is 1. The van der Waals surface area contributed by atoms with E-state index in [1.54, 1.807) is 0 Å². The molecule has 0 saturated carbocycles. The molecule has 0 aliphatic heterocycles. The van der Waals surface area contributed by atoms with E-state index in [1.165, 1.54) is 12.8 Å². The Kier molecular flexibility index (Phi) is 7.05. The number of nitrogens with zero attached hydrogens (tertiary/aromatic N) is 2. The Bertz CT molecular complexity index is 426. The number of aliphatic imine (C=N–C) groups is 1. The predicted molar refractivity (Wildman–Crippen MR) is 85.6 cm³/mol. The Morgan fingerprint density at radius 1 is 1.30 bits per heavy atom. The van der Waals surface area contributed by atoms with Gasteiger partial charge in [0.25, 0.3) is 0 Å². The lowest BCUT2D eigenvalue weighted by atomic mass is 10.0. The van der Waals surface area contributed by atoms with Crippen LogP contribution in [0.3, 0.4) is 0 Å². The predicted octanol–water partition coefficient (Wildman–Crippen LogP) is 3.01. The molecule has 0 amide bonds. The van der Waals surface area contributed by atoms with Crippen LogP contribution in [0.1, 0.15) is 51.4 Å². The zero-order chi connectivity index (χ0) is 15.0. The van der Waals surface area contributed by atoms with E-state index in [0.29, 0.717) is 18.5 Å². The van der Waals surface area contributed by atoms with Crippen LogP contribution in [0, 0.1) is 12.8 Å². The van der Waals surface area contributed by atoms with Gasteiger partial charge in [-0.3, -0.25) is 4.98 Å². The number of pyridine rings is 1. The Labute approximate surface area is 122 Å². The summed E-state index contributed by atoms with van der Waals surface area (Å²) in [6, 6.07) is 6.30. The molecule has 0 radical (unpaired) electrons. The van der Waals surface area contributed by atoms with Gasteiger partial charge < -0.3 is 11.1 Å². The summed E-state index contributed by atoms with van der Waals surface area (Å²) in [7, 11) is 0. The molecule has 0 spiro atoms. The van der Waals surface area contributed by atoms with Gasteiger partial charge in [-0.15, -0.1) is 0 Å². The summed E-state index contributed by atoms with van der Waals surface area (Å²) in [6.45, 7) is 9.16. The summed E-state index contributed by atoms with van der Waals surface area (Å²) in [5.74, 6) is 1.27. The van der Waals surface area contributed by atoms with Crippen molar-refractivity contribution in [2.45, 2.75) is 59.5 Å². The van der Waals surface area contributed by atoms with Crippen molar-refractivity contribution in [3.05, 3.63) is 29.6 Å². The fraction of sp³-hybridized carbons (Fsp3) is 0.625. The number of hydrogen-bond acceptors (Lipinski definition) is 2. The maximum Gasteiger partial charge on any atom is 0.189 e. The first-order valence-corrected chi connectivity index (χ1v) is 7.46. The van der Waals surface area contributed by atoms with Gasteiger partial charge in [0.2, 0.25) is 0 Å². The molecule has 1 unspecified atom stereocenters. The first kappa shape index (κ1) is 16.5. The highest BCUT2D eigenvalue weighted by molar-refractivity contribution is 5.78. The first-order chi connectivity index (χ1) is 9.47. The molecule has 20 heavy (non-hydrogen) atoms. The van der Waals surface area contributed by atoms with Crippen molar-refractivity contribution < 1.29 is 0 Å². The number of nitrogens with two attached hydrogens (primary N) is 1. The Hall–Kier alpha value is -1.58. The zero-order valence-corrected chi connectivity index (χ0v) is 13.2. The highest BCUT2D eigenvalue weighted by Gasteiger charge is 2.04. The summed E-state index contributed by atoms with van der Waals surface area (Å²) >= 11 is 0. The van der Waals surface area contributed by atoms with Crippen LogP contribution in [-0.4, -0.2) is 17.0 Å². The van der Waals surface area contributed by atoms with Crippen molar-refractivity contribution >= 4 is 5.96 Å². The molecule has 1 atom stereocenters. The largest absolute Gasteiger partial charge is 0.370 e. The molecule has 0 aliphatic carbocycles. The minimum atomic E-state index is 0.364. The van der Waals surface area contributed by atoms with Crippen LogP contribution in [0.15, 0.2) is 23.2 Å². The van der Waals surface area contributed by atoms with Crippen LogP contribution in [-0.2, 0) is 6.54 Å². The first-order valence-electron chi connectivity index (χ1n) is 7.46. The summed E-state index contributed by atoms with van der Waals surface area (Å²) in [4.78, 5) is 8.74. The van der Waals surface area contributed by atoms with E-state index >= 15 is 0 Å². The third-order valence-corrected chi connectivity index (χ3v) is 3.17. The van der Waals surface area contributed by atoms with Gasteiger partial charge in [0, 0.05) is 11.7 Å². The average Bonchev–Trinajstić information content (AvgIpc) is 2.36. The summed E-state index contributed by atoms with van der Waals surface area (Å²) in [5, 5.41) is 3.24. The fourth-order valence-electron chi connectivity index (χ4n) is 2.06. The van der Waals surface area contributed by atoms with Crippen molar-refractivity contribution in [1.29, 1.82) is 0 Å². The van der Waals surface area contributed by atoms with E-state index in [9.17, 15) is 0 Å². The van der Waals surface area contributed by atoms with Gasteiger partial charge in [0.15, 0.2) is 5.96 Å². The van der Waals surface area contributed by atoms with E-state index < -0.39 is 0 Å². The Morgan fingerprint density at radius 3 is 2.70 bits per heavy atom. The summed E-state index contributed by atoms with van der Waals surface area (Å²) in [6.07, 6.45) is 3.60. The van der Waals surface area contributed by atoms with Crippen molar-refractivity contribution in [2.24, 2.45) is 16.6 Å². The second-order valence-electron chi connectivity index (χ2n) is 5.84. The second kappa shape index (κ2) is 8.56. The second-order valence-corrected chi connectivity index (χ2v) is 5.84. The Morgan fingerprint density at radius 2 is 2.05 bits per heavy atom. The van der Waals surface area contributed by atoms with Crippen molar-refractivity contribution in [2.75, 3.05) is 0 Å². The standard InChI is InChI=1S/C16H28N4/c1-12(2)7-5-8-14(4)20-16(17)18-11-15-10-6-9-13(3)19-15/h6,9-10,12,14H,5,7-8,11H2,1-4H3,(H3,17,18,20). The molecule has 0 fully saturated rings. The molecule has 0 aliphatic rings. The molecule has 0 aromatic carbocycles. The van der Waals surface area contributed by atoms with E-state index in [0.717, 1.165) is 23.7 Å². The molecule has 1 aromatic heterocycles. The lowest BCUT2D eigenvalue weighted by molar-refractivity contribution is 0.493. The molecular weight excluding hydrogens is 248 g/mol. The van der Waals surface area contributed by atoms with E-state index in [-0.39, 0.29) is 0 Å². The maximum atomic E-state index is 5.90. The molecule has 4 nitrogen and oxygen atoms in total. The molecule has 1 aromatic rings. The lowest BCUT2D eigenvalue weighted by Crippen LogP contribution is -2.38. The minimum absolute atomic E-state index is 0.364. The van der Waals surface area contributed by atoms with Crippen LogP contribution in [0.25, 0.3) is 0 Å². The Balaban J connectivity index is 2.34. The van der Waals surface area contributed by atoms with Gasteiger partial charge in [-0.25, -0.2) is 4.99 Å². The smallest absolute Gasteiger partial charge is 0.189 e. The lowest BCUT2D eigenvalue weighted by Gasteiger charge is -2.15. The average molecular weight is 276 g/mol. The van der Waals surface area contributed by atoms with Gasteiger partial charge in [0.05, 0.1) is 12.2 Å². The molecular formula is C16H28N4. The van der Waals surface area contributed by atoms with Gasteiger partial charge in [-0.2, -0.15) is 0 Å². The third kappa shape index (κ3) is 7.12. The molecule has 1 rings (SSSR count). The summed E-state index contributed by atoms with van der Waals surface area (Å²) in [5.41, 5.74) is 7.86. The number of aromatic nitrogens is 1. The molecule has 4 heteroatoms. The van der Waals surface area contributed by atoms with E-state index in [1.807, 2.05) is 25.1 Å². The van der Waals surface area contributed by atoms with Crippen LogP contribution in [0.2, 0.25) is 0 Å². The molecule has 0 saturated heterocycles. The maximum absolute atomic E-state index is 5.90. The topological polar surface area (TPSA) is 63.3 Å². The van der Waals surface area contributed by atoms with Crippen molar-refractivity contribution in [1.82, 2.24) is 10.3 Å². The van der Waals surface area contributed by atoms with Crippen LogP contribution in [0.4, 0.5) is 0 Å². The quantitative estimate of drug-likeness (QED) is 0.594. The molecule has 0 bridgehead atoms. The van der Waals surface area contributed by atoms with Gasteiger partial charge in [0.1, 0.15) is 0 Å². The number of guanidine groups is 1. The van der Waals surface area contributed by atoms with E-state index in [2.05, 4.69) is 36.1 Å². The monoisotopic (exact) mass is 276 g/mol. The normalized spacial score (nSPS) is 13.6. The van der Waals surface area contributed by atoms with Crippen molar-refractivity contribution in [3.8, 4) is 0 Å². The molecule has 1 heterocycles. The SMILES string of the molecule is Cc1cccc(CN=C(N)NC(C)CCCC(C)C)n1. The fourth-order valence-corrected chi connectivity index (χ4v) is 2.06. The van der Waals surface area contributed by atoms with Gasteiger partial charge in [-0.1, -0.05) is 32.8 Å². The van der Waals surface area contributed by atoms with Crippen LogP contribution >= 0.6 is 0 Å². The molecule has 112 valence electrons. The number of rotatable bonds is 7. The summed E-state index contributed by atoms with van der Waals surface area (Å²) < 4.78 is 0. The zero-order valence-electron chi connectivity index (χ0n) is 13.2. The highest BCUT2D eigenvalue weighted by Crippen LogP contribution is 2.08.